The van der Waals surface area contributed by atoms with Gasteiger partial charge >= 0.3 is 0 Å². The number of fused-ring (bicyclic) bond motifs is 2. The van der Waals surface area contributed by atoms with Crippen molar-refractivity contribution in [1.82, 2.24) is 15.0 Å². The molecule has 0 saturated carbocycles. The molecule has 10 heteroatoms. The molecule has 7 nitrogen and oxygen atoms in total. The predicted molar refractivity (Wildman–Crippen MR) is 131 cm³/mol. The van der Waals surface area contributed by atoms with Crippen molar-refractivity contribution >= 4 is 72.8 Å². The molecule has 0 bridgehead atoms. The van der Waals surface area contributed by atoms with Crippen molar-refractivity contribution < 1.29 is 9.18 Å². The number of rotatable bonds is 4. The number of hydrogen-bond acceptors (Lipinski definition) is 7. The highest BCUT2D eigenvalue weighted by atomic mass is 35.5. The number of carbonyl (C=O) groups excluding carboxylic acids is 1. The molecule has 0 aliphatic heterocycles. The van der Waals surface area contributed by atoms with E-state index in [2.05, 4.69) is 25.6 Å². The molecule has 164 valence electrons. The van der Waals surface area contributed by atoms with Gasteiger partial charge in [0.2, 0.25) is 0 Å². The fourth-order valence-electron chi connectivity index (χ4n) is 3.50. The van der Waals surface area contributed by atoms with Crippen LogP contribution in [0.3, 0.4) is 0 Å². The molecule has 2 aromatic carbocycles. The third-order valence-electron chi connectivity index (χ3n) is 5.12. The number of nitrogen functional groups attached to an aromatic ring is 1. The zero-order chi connectivity index (χ0) is 23.1. The fourth-order valence-corrected chi connectivity index (χ4v) is 4.58. The molecule has 0 atom stereocenters. The van der Waals surface area contributed by atoms with Crippen LogP contribution in [0.1, 0.15) is 15.9 Å². The van der Waals surface area contributed by atoms with Crippen LogP contribution in [0.4, 0.5) is 27.4 Å². The molecule has 0 radical (unpaired) electrons. The van der Waals surface area contributed by atoms with E-state index in [1.54, 1.807) is 17.5 Å². The van der Waals surface area contributed by atoms with Gasteiger partial charge in [-0.05, 0) is 25.1 Å². The molecular weight excluding hydrogens is 463 g/mol. The molecule has 4 N–H and O–H groups in total. The number of halogens is 2. The Morgan fingerprint density at radius 3 is 2.82 bits per heavy atom. The Balaban J connectivity index is 1.54. The van der Waals surface area contributed by atoms with E-state index in [0.29, 0.717) is 38.5 Å². The Labute approximate surface area is 196 Å². The molecule has 33 heavy (non-hydrogen) atoms. The number of thiophene rings is 1. The first-order chi connectivity index (χ1) is 15.9. The number of hydrogen-bond donors (Lipinski definition) is 3. The van der Waals surface area contributed by atoms with Gasteiger partial charge in [0.25, 0.3) is 5.91 Å². The highest BCUT2D eigenvalue weighted by Gasteiger charge is 2.18. The zero-order valence-corrected chi connectivity index (χ0v) is 18.8. The first-order valence-electron chi connectivity index (χ1n) is 9.82. The van der Waals surface area contributed by atoms with Gasteiger partial charge in [0, 0.05) is 16.2 Å². The lowest BCUT2D eigenvalue weighted by Crippen LogP contribution is -2.13. The van der Waals surface area contributed by atoms with Crippen LogP contribution in [-0.2, 0) is 0 Å². The molecular formula is C23H16ClFN6OS. The lowest BCUT2D eigenvalue weighted by molar-refractivity contribution is 0.102. The molecule has 3 heterocycles. The lowest BCUT2D eigenvalue weighted by atomic mass is 10.1. The molecule has 0 aliphatic rings. The number of nitrogens with one attached hydrogen (secondary N) is 2. The van der Waals surface area contributed by atoms with Gasteiger partial charge in [0.1, 0.15) is 18.0 Å². The molecule has 0 spiro atoms. The summed E-state index contributed by atoms with van der Waals surface area (Å²) in [6, 6.07) is 10.4. The smallest absolute Gasteiger partial charge is 0.258 e. The number of carbonyl (C=O) groups is 1. The average molecular weight is 479 g/mol. The fraction of sp³-hybridized carbons (Fsp3) is 0.0435. The third-order valence-corrected chi connectivity index (χ3v) is 6.41. The molecule has 0 fully saturated rings. The second kappa shape index (κ2) is 8.27. The second-order valence-electron chi connectivity index (χ2n) is 7.34. The SMILES string of the molecule is Cc1ccc2c(Nc3cccc(Cl)c3F)ncc(NC(=O)c3csc4c(N)ncnc34)c2c1. The number of aromatic nitrogens is 3. The summed E-state index contributed by atoms with van der Waals surface area (Å²) in [5, 5.41) is 9.08. The van der Waals surface area contributed by atoms with Crippen molar-refractivity contribution in [3.05, 3.63) is 76.3 Å². The van der Waals surface area contributed by atoms with E-state index in [1.165, 1.54) is 29.9 Å². The Bertz CT molecular complexity index is 1550. The Hall–Kier alpha value is -3.82. The van der Waals surface area contributed by atoms with Gasteiger partial charge in [0.05, 0.1) is 38.4 Å². The first-order valence-corrected chi connectivity index (χ1v) is 11.1. The van der Waals surface area contributed by atoms with Crippen LogP contribution in [0.5, 0.6) is 0 Å². The monoisotopic (exact) mass is 478 g/mol. The van der Waals surface area contributed by atoms with E-state index >= 15 is 0 Å². The Kier molecular flexibility index (Phi) is 5.27. The van der Waals surface area contributed by atoms with Crippen LogP contribution in [0.25, 0.3) is 21.0 Å². The van der Waals surface area contributed by atoms with Crippen LogP contribution in [0.2, 0.25) is 5.02 Å². The minimum Gasteiger partial charge on any atom is -0.382 e. The maximum atomic E-state index is 14.4. The van der Waals surface area contributed by atoms with Gasteiger partial charge in [-0.3, -0.25) is 4.79 Å². The van der Waals surface area contributed by atoms with E-state index in [0.717, 1.165) is 10.9 Å². The summed E-state index contributed by atoms with van der Waals surface area (Å²) >= 11 is 7.21. The molecule has 5 aromatic rings. The number of anilines is 4. The topological polar surface area (TPSA) is 106 Å². The quantitative estimate of drug-likeness (QED) is 0.296. The number of amides is 1. The summed E-state index contributed by atoms with van der Waals surface area (Å²) in [6.45, 7) is 1.95. The van der Waals surface area contributed by atoms with Crippen LogP contribution in [-0.4, -0.2) is 20.9 Å². The van der Waals surface area contributed by atoms with Crippen molar-refractivity contribution in [1.29, 1.82) is 0 Å². The van der Waals surface area contributed by atoms with Gasteiger partial charge in [0.15, 0.2) is 5.82 Å². The van der Waals surface area contributed by atoms with Crippen LogP contribution in [0.15, 0.2) is 54.3 Å². The first kappa shape index (κ1) is 21.0. The van der Waals surface area contributed by atoms with Crippen molar-refractivity contribution in [2.45, 2.75) is 6.92 Å². The van der Waals surface area contributed by atoms with Crippen LogP contribution < -0.4 is 16.4 Å². The molecule has 1 amide bonds. The third kappa shape index (κ3) is 3.81. The number of nitrogens with two attached hydrogens (primary N) is 1. The molecule has 0 unspecified atom stereocenters. The van der Waals surface area contributed by atoms with Gasteiger partial charge < -0.3 is 16.4 Å². The van der Waals surface area contributed by atoms with E-state index in [4.69, 9.17) is 17.3 Å². The average Bonchev–Trinajstić information content (AvgIpc) is 3.24. The minimum absolute atomic E-state index is 0.0106. The predicted octanol–water partition coefficient (Wildman–Crippen LogP) is 5.92. The highest BCUT2D eigenvalue weighted by molar-refractivity contribution is 7.18. The Morgan fingerprint density at radius 1 is 1.12 bits per heavy atom. The summed E-state index contributed by atoms with van der Waals surface area (Å²) in [4.78, 5) is 25.7. The van der Waals surface area contributed by atoms with E-state index in [-0.39, 0.29) is 16.6 Å². The van der Waals surface area contributed by atoms with Gasteiger partial charge in [-0.25, -0.2) is 19.3 Å². The summed E-state index contributed by atoms with van der Waals surface area (Å²) in [7, 11) is 0. The maximum Gasteiger partial charge on any atom is 0.258 e. The minimum atomic E-state index is -0.566. The lowest BCUT2D eigenvalue weighted by Gasteiger charge is -2.14. The standard InChI is InChI=1S/C23H16ClFN6OS/c1-11-5-6-12-13(7-11)17(8-27-22(12)30-16-4-2-3-15(24)18(16)25)31-23(32)14-9-33-20-19(14)28-10-29-21(20)26/h2-10H,1H3,(H,27,30)(H,31,32)(H2,26,28,29). The molecule has 0 saturated heterocycles. The second-order valence-corrected chi connectivity index (χ2v) is 8.62. The number of aryl methyl sites for hydroxylation is 1. The van der Waals surface area contributed by atoms with Gasteiger partial charge in [-0.15, -0.1) is 11.3 Å². The molecule has 0 aliphatic carbocycles. The number of nitrogens with zero attached hydrogens (tertiary/aromatic N) is 3. The van der Waals surface area contributed by atoms with Crippen molar-refractivity contribution in [3.8, 4) is 0 Å². The van der Waals surface area contributed by atoms with E-state index in [9.17, 15) is 9.18 Å². The normalized spacial score (nSPS) is 11.1. The van der Waals surface area contributed by atoms with Crippen molar-refractivity contribution in [2.24, 2.45) is 0 Å². The highest BCUT2D eigenvalue weighted by Crippen LogP contribution is 2.33. The molecule has 5 rings (SSSR count). The Morgan fingerprint density at radius 2 is 1.97 bits per heavy atom. The van der Waals surface area contributed by atoms with E-state index < -0.39 is 5.82 Å². The molecule has 3 aromatic heterocycles. The summed E-state index contributed by atoms with van der Waals surface area (Å²) < 4.78 is 15.1. The summed E-state index contributed by atoms with van der Waals surface area (Å²) in [6.07, 6.45) is 2.86. The number of pyridine rings is 1. The van der Waals surface area contributed by atoms with Crippen molar-refractivity contribution in [3.63, 3.8) is 0 Å². The largest absolute Gasteiger partial charge is 0.382 e. The zero-order valence-electron chi connectivity index (χ0n) is 17.2. The maximum absolute atomic E-state index is 14.4. The van der Waals surface area contributed by atoms with Crippen LogP contribution in [0, 0.1) is 12.7 Å². The van der Waals surface area contributed by atoms with Crippen LogP contribution >= 0.6 is 22.9 Å². The van der Waals surface area contributed by atoms with Crippen molar-refractivity contribution in [2.75, 3.05) is 16.4 Å². The summed E-state index contributed by atoms with van der Waals surface area (Å²) in [5.74, 6) is -0.143. The van der Waals surface area contributed by atoms with Gasteiger partial charge in [-0.2, -0.15) is 0 Å². The van der Waals surface area contributed by atoms with E-state index in [1.807, 2.05) is 25.1 Å². The summed E-state index contributed by atoms with van der Waals surface area (Å²) in [5.41, 5.74) is 8.49. The number of benzene rings is 2. The van der Waals surface area contributed by atoms with Gasteiger partial charge in [-0.1, -0.05) is 35.4 Å².